The van der Waals surface area contributed by atoms with Crippen molar-refractivity contribution in [1.29, 1.82) is 0 Å². The molecule has 84 valence electrons. The van der Waals surface area contributed by atoms with E-state index in [0.717, 1.165) is 5.33 Å². The Balaban J connectivity index is 2.88. The molecule has 0 aliphatic heterocycles. The van der Waals surface area contributed by atoms with Gasteiger partial charge in [0.25, 0.3) is 0 Å². The SMILES string of the molecule is BrCC=CCCCCCCCCCI. The lowest BCUT2D eigenvalue weighted by Crippen LogP contribution is -1.80. The van der Waals surface area contributed by atoms with Crippen LogP contribution in [0.3, 0.4) is 0 Å². The fourth-order valence-electron chi connectivity index (χ4n) is 1.42. The molecule has 0 saturated heterocycles. The molecule has 0 bridgehead atoms. The Morgan fingerprint density at radius 2 is 1.36 bits per heavy atom. The van der Waals surface area contributed by atoms with Gasteiger partial charge in [0.1, 0.15) is 0 Å². The smallest absolute Gasteiger partial charge is 0.0212 e. The van der Waals surface area contributed by atoms with E-state index in [1.807, 2.05) is 0 Å². The van der Waals surface area contributed by atoms with E-state index in [0.29, 0.717) is 0 Å². The van der Waals surface area contributed by atoms with Crippen LogP contribution in [0.1, 0.15) is 51.4 Å². The largest absolute Gasteiger partial charge is 0.0883 e. The molecule has 0 atom stereocenters. The summed E-state index contributed by atoms with van der Waals surface area (Å²) in [5.41, 5.74) is 0. The van der Waals surface area contributed by atoms with Crippen LogP contribution in [0.15, 0.2) is 12.2 Å². The molecule has 0 aromatic rings. The predicted octanol–water partition coefficient (Wildman–Crippen LogP) is 5.49. The topological polar surface area (TPSA) is 0 Å². The quantitative estimate of drug-likeness (QED) is 0.206. The van der Waals surface area contributed by atoms with Gasteiger partial charge in [0.05, 0.1) is 0 Å². The molecule has 0 nitrogen and oxygen atoms in total. The van der Waals surface area contributed by atoms with Crippen LogP contribution in [0, 0.1) is 0 Å². The minimum absolute atomic E-state index is 1.00. The summed E-state index contributed by atoms with van der Waals surface area (Å²) >= 11 is 5.84. The highest BCUT2D eigenvalue weighted by atomic mass is 127. The fourth-order valence-corrected chi connectivity index (χ4v) is 2.23. The lowest BCUT2D eigenvalue weighted by atomic mass is 10.1. The lowest BCUT2D eigenvalue weighted by Gasteiger charge is -1.99. The Labute approximate surface area is 111 Å². The molecule has 14 heavy (non-hydrogen) atoms. The summed E-state index contributed by atoms with van der Waals surface area (Å²) in [6.07, 6.45) is 15.7. The number of rotatable bonds is 10. The van der Waals surface area contributed by atoms with Gasteiger partial charge < -0.3 is 0 Å². The van der Waals surface area contributed by atoms with E-state index in [4.69, 9.17) is 0 Å². The number of hydrogen-bond acceptors (Lipinski definition) is 0. The maximum absolute atomic E-state index is 3.38. The summed E-state index contributed by atoms with van der Waals surface area (Å²) in [5, 5.41) is 1.00. The van der Waals surface area contributed by atoms with Crippen molar-refractivity contribution in [2.75, 3.05) is 9.76 Å². The number of alkyl halides is 2. The second-order valence-electron chi connectivity index (χ2n) is 3.58. The van der Waals surface area contributed by atoms with Crippen LogP contribution >= 0.6 is 38.5 Å². The molecule has 2 heteroatoms. The average molecular weight is 373 g/mol. The van der Waals surface area contributed by atoms with Crippen molar-refractivity contribution in [1.82, 2.24) is 0 Å². The third kappa shape index (κ3) is 12.9. The van der Waals surface area contributed by atoms with Gasteiger partial charge in [-0.25, -0.2) is 0 Å². The summed E-state index contributed by atoms with van der Waals surface area (Å²) < 4.78 is 1.33. The maximum atomic E-state index is 3.38. The van der Waals surface area contributed by atoms with Crippen LogP contribution in [-0.2, 0) is 0 Å². The highest BCUT2D eigenvalue weighted by molar-refractivity contribution is 14.1. The molecule has 0 N–H and O–H groups in total. The van der Waals surface area contributed by atoms with Crippen molar-refractivity contribution < 1.29 is 0 Å². The molecule has 0 unspecified atom stereocenters. The maximum Gasteiger partial charge on any atom is 0.0212 e. The standard InChI is InChI=1S/C12H22BrI/c13-11-9-7-5-3-1-2-4-6-8-10-12-14/h7,9H,1-6,8,10-12H2. The molecule has 0 heterocycles. The van der Waals surface area contributed by atoms with E-state index in [2.05, 4.69) is 50.7 Å². The molecule has 0 radical (unpaired) electrons. The van der Waals surface area contributed by atoms with E-state index in [-0.39, 0.29) is 0 Å². The van der Waals surface area contributed by atoms with Gasteiger partial charge in [-0.2, -0.15) is 0 Å². The summed E-state index contributed by atoms with van der Waals surface area (Å²) in [6.45, 7) is 0. The first-order valence-electron chi connectivity index (χ1n) is 5.68. The Kier molecular flexibility index (Phi) is 14.9. The molecular weight excluding hydrogens is 351 g/mol. The Morgan fingerprint density at radius 1 is 0.786 bits per heavy atom. The zero-order valence-corrected chi connectivity index (χ0v) is 12.7. The van der Waals surface area contributed by atoms with Gasteiger partial charge in [0.15, 0.2) is 0 Å². The first kappa shape index (κ1) is 14.9. The number of unbranched alkanes of at least 4 members (excludes halogenated alkanes) is 7. The molecule has 0 spiro atoms. The molecule has 0 rings (SSSR count). The molecule has 0 aliphatic rings. The van der Waals surface area contributed by atoms with Gasteiger partial charge in [-0.15, -0.1) is 0 Å². The van der Waals surface area contributed by atoms with E-state index < -0.39 is 0 Å². The third-order valence-electron chi connectivity index (χ3n) is 2.26. The van der Waals surface area contributed by atoms with Crippen molar-refractivity contribution in [2.24, 2.45) is 0 Å². The number of allylic oxidation sites excluding steroid dienone is 2. The zero-order valence-electron chi connectivity index (χ0n) is 8.98. The van der Waals surface area contributed by atoms with Crippen molar-refractivity contribution in [3.05, 3.63) is 12.2 Å². The van der Waals surface area contributed by atoms with E-state index in [1.54, 1.807) is 0 Å². The van der Waals surface area contributed by atoms with Gasteiger partial charge in [-0.05, 0) is 23.7 Å². The van der Waals surface area contributed by atoms with Crippen LogP contribution in [0.5, 0.6) is 0 Å². The first-order valence-corrected chi connectivity index (χ1v) is 8.33. The van der Waals surface area contributed by atoms with Crippen LogP contribution in [-0.4, -0.2) is 9.76 Å². The van der Waals surface area contributed by atoms with Crippen LogP contribution < -0.4 is 0 Å². The molecule has 0 amide bonds. The fraction of sp³-hybridized carbons (Fsp3) is 0.833. The summed E-state index contributed by atoms with van der Waals surface area (Å²) in [6, 6.07) is 0. The van der Waals surface area contributed by atoms with Crippen molar-refractivity contribution in [2.45, 2.75) is 51.4 Å². The van der Waals surface area contributed by atoms with Gasteiger partial charge >= 0.3 is 0 Å². The average Bonchev–Trinajstić information content (AvgIpc) is 2.21. The monoisotopic (exact) mass is 372 g/mol. The second-order valence-corrected chi connectivity index (χ2v) is 5.30. The zero-order chi connectivity index (χ0) is 10.5. The predicted molar refractivity (Wildman–Crippen MR) is 78.8 cm³/mol. The first-order chi connectivity index (χ1) is 6.91. The highest BCUT2D eigenvalue weighted by Gasteiger charge is 1.90. The van der Waals surface area contributed by atoms with E-state index in [9.17, 15) is 0 Å². The third-order valence-corrected chi connectivity index (χ3v) is 3.40. The van der Waals surface area contributed by atoms with Crippen molar-refractivity contribution in [3.63, 3.8) is 0 Å². The Bertz CT molecular complexity index is 123. The molecule has 0 aromatic carbocycles. The van der Waals surface area contributed by atoms with Gasteiger partial charge in [0.2, 0.25) is 0 Å². The lowest BCUT2D eigenvalue weighted by molar-refractivity contribution is 0.594. The Morgan fingerprint density at radius 3 is 1.93 bits per heavy atom. The summed E-state index contributed by atoms with van der Waals surface area (Å²) in [7, 11) is 0. The van der Waals surface area contributed by atoms with Crippen LogP contribution in [0.2, 0.25) is 0 Å². The normalized spacial score (nSPS) is 11.3. The summed E-state index contributed by atoms with van der Waals surface area (Å²) in [4.78, 5) is 0. The number of halogens is 2. The minimum Gasteiger partial charge on any atom is -0.0883 e. The van der Waals surface area contributed by atoms with Gasteiger partial charge in [0, 0.05) is 5.33 Å². The van der Waals surface area contributed by atoms with Crippen LogP contribution in [0.4, 0.5) is 0 Å². The summed E-state index contributed by atoms with van der Waals surface area (Å²) in [5.74, 6) is 0. The number of hydrogen-bond donors (Lipinski definition) is 0. The van der Waals surface area contributed by atoms with Gasteiger partial charge in [-0.1, -0.05) is 82.8 Å². The second kappa shape index (κ2) is 13.9. The molecule has 0 saturated carbocycles. The Hall–Kier alpha value is 0.950. The van der Waals surface area contributed by atoms with Gasteiger partial charge in [-0.3, -0.25) is 0 Å². The van der Waals surface area contributed by atoms with Crippen molar-refractivity contribution in [3.8, 4) is 0 Å². The molecule has 0 fully saturated rings. The van der Waals surface area contributed by atoms with Crippen LogP contribution in [0.25, 0.3) is 0 Å². The van der Waals surface area contributed by atoms with Crippen molar-refractivity contribution >= 4 is 38.5 Å². The van der Waals surface area contributed by atoms with E-state index >= 15 is 0 Å². The molecular formula is C12H22BrI. The highest BCUT2D eigenvalue weighted by Crippen LogP contribution is 2.09. The minimum atomic E-state index is 1.00. The van der Waals surface area contributed by atoms with E-state index in [1.165, 1.54) is 55.8 Å². The molecule has 0 aromatic heterocycles. The molecule has 0 aliphatic carbocycles.